The molecule has 10 heteroatoms. The lowest BCUT2D eigenvalue weighted by Crippen LogP contribution is -2.44. The number of anilines is 4. The number of para-hydroxylation sites is 1. The normalized spacial score (nSPS) is 13.8. The van der Waals surface area contributed by atoms with Crippen LogP contribution in [0.3, 0.4) is 0 Å². The summed E-state index contributed by atoms with van der Waals surface area (Å²) in [4.78, 5) is 29.5. The van der Waals surface area contributed by atoms with E-state index < -0.39 is 0 Å². The van der Waals surface area contributed by atoms with Gasteiger partial charge in [-0.3, -0.25) is 4.79 Å². The van der Waals surface area contributed by atoms with E-state index in [-0.39, 0.29) is 11.9 Å². The van der Waals surface area contributed by atoms with Crippen molar-refractivity contribution in [3.05, 3.63) is 79.2 Å². The van der Waals surface area contributed by atoms with Crippen LogP contribution < -0.4 is 20.3 Å². The Balaban J connectivity index is 1.54. The number of carbonyl (C=O) groups is 1. The van der Waals surface area contributed by atoms with E-state index in [1.165, 1.54) is 12.3 Å². The van der Waals surface area contributed by atoms with Gasteiger partial charge in [0, 0.05) is 61.0 Å². The summed E-state index contributed by atoms with van der Waals surface area (Å²) in [7, 11) is 3.69. The number of carbonyl (C=O) groups excluding carboxylic acids is 1. The molecule has 0 spiro atoms. The van der Waals surface area contributed by atoms with Gasteiger partial charge in [0.05, 0.1) is 41.6 Å². The van der Waals surface area contributed by atoms with Crippen LogP contribution in [0.4, 0.5) is 23.0 Å². The number of H-pyrrole nitrogens is 1. The van der Waals surface area contributed by atoms with E-state index in [0.717, 1.165) is 48.3 Å². The van der Waals surface area contributed by atoms with Gasteiger partial charge >= 0.3 is 0 Å². The highest BCUT2D eigenvalue weighted by Crippen LogP contribution is 2.39. The van der Waals surface area contributed by atoms with Gasteiger partial charge in [0.15, 0.2) is 0 Å². The van der Waals surface area contributed by atoms with Crippen LogP contribution in [0.1, 0.15) is 5.56 Å². The van der Waals surface area contributed by atoms with Crippen LogP contribution in [0, 0.1) is 11.3 Å². The molecule has 0 bridgehead atoms. The van der Waals surface area contributed by atoms with Crippen LogP contribution in [0.15, 0.2) is 73.6 Å². The molecule has 0 radical (unpaired) electrons. The molecule has 1 saturated heterocycles. The summed E-state index contributed by atoms with van der Waals surface area (Å²) < 4.78 is 5.75. The molecule has 40 heavy (non-hydrogen) atoms. The maximum atomic E-state index is 12.7. The average Bonchev–Trinajstić information content (AvgIpc) is 3.41. The van der Waals surface area contributed by atoms with Gasteiger partial charge < -0.3 is 30.2 Å². The van der Waals surface area contributed by atoms with Crippen molar-refractivity contribution in [3.63, 3.8) is 0 Å². The number of nitriles is 1. The molecular formula is C30H30N8O2. The second-order valence-electron chi connectivity index (χ2n) is 9.38. The van der Waals surface area contributed by atoms with Crippen molar-refractivity contribution in [2.24, 2.45) is 0 Å². The minimum absolute atomic E-state index is 0.275. The molecule has 3 heterocycles. The molecular weight excluding hydrogens is 504 g/mol. The minimum Gasteiger partial charge on any atom is -0.494 e. The molecule has 2 aromatic heterocycles. The largest absolute Gasteiger partial charge is 0.494 e. The molecule has 0 saturated carbocycles. The minimum atomic E-state index is -0.275. The first-order valence-electron chi connectivity index (χ1n) is 12.9. The number of aromatic amines is 1. The smallest absolute Gasteiger partial charge is 0.248 e. The van der Waals surface area contributed by atoms with E-state index in [2.05, 4.69) is 50.1 Å². The zero-order valence-corrected chi connectivity index (χ0v) is 22.4. The van der Waals surface area contributed by atoms with Gasteiger partial charge in [0.25, 0.3) is 0 Å². The van der Waals surface area contributed by atoms with E-state index in [4.69, 9.17) is 9.72 Å². The Morgan fingerprint density at radius 1 is 1.20 bits per heavy atom. The molecule has 5 rings (SSSR count). The first kappa shape index (κ1) is 26.5. The fourth-order valence-electron chi connectivity index (χ4n) is 4.69. The first-order chi connectivity index (χ1) is 19.5. The highest BCUT2D eigenvalue weighted by atomic mass is 16.5. The number of nitrogens with one attached hydrogen (secondary N) is 3. The van der Waals surface area contributed by atoms with E-state index in [1.54, 1.807) is 19.3 Å². The highest BCUT2D eigenvalue weighted by molar-refractivity contribution is 6.02. The lowest BCUT2D eigenvalue weighted by molar-refractivity contribution is -0.111. The Morgan fingerprint density at radius 2 is 2.00 bits per heavy atom. The van der Waals surface area contributed by atoms with Gasteiger partial charge in [-0.25, -0.2) is 9.97 Å². The molecule has 1 amide bonds. The second-order valence-corrected chi connectivity index (χ2v) is 9.38. The number of benzene rings is 2. The van der Waals surface area contributed by atoms with Gasteiger partial charge in [-0.1, -0.05) is 36.9 Å². The van der Waals surface area contributed by atoms with Crippen LogP contribution in [-0.4, -0.2) is 66.1 Å². The number of methoxy groups -OCH3 is 1. The monoisotopic (exact) mass is 534 g/mol. The van der Waals surface area contributed by atoms with E-state index in [0.29, 0.717) is 28.4 Å². The van der Waals surface area contributed by atoms with Crippen LogP contribution in [0.25, 0.3) is 22.2 Å². The number of aromatic nitrogens is 3. The molecule has 3 N–H and O–H groups in total. The topological polar surface area (TPSA) is 122 Å². The number of piperazine rings is 1. The predicted molar refractivity (Wildman–Crippen MR) is 158 cm³/mol. The molecule has 202 valence electrons. The molecule has 10 nitrogen and oxygen atoms in total. The van der Waals surface area contributed by atoms with Gasteiger partial charge in [0.1, 0.15) is 11.8 Å². The molecule has 0 unspecified atom stereocenters. The zero-order valence-electron chi connectivity index (χ0n) is 22.4. The van der Waals surface area contributed by atoms with Crippen LogP contribution >= 0.6 is 0 Å². The molecule has 1 aliphatic rings. The van der Waals surface area contributed by atoms with E-state index in [9.17, 15) is 10.1 Å². The van der Waals surface area contributed by atoms with E-state index >= 15 is 0 Å². The lowest BCUT2D eigenvalue weighted by Gasteiger charge is -2.35. The van der Waals surface area contributed by atoms with Gasteiger partial charge in [0.2, 0.25) is 11.9 Å². The maximum Gasteiger partial charge on any atom is 0.248 e. The fourth-order valence-corrected chi connectivity index (χ4v) is 4.69. The van der Waals surface area contributed by atoms with Crippen molar-refractivity contribution in [1.82, 2.24) is 19.9 Å². The molecule has 0 aliphatic carbocycles. The number of amides is 1. The van der Waals surface area contributed by atoms with Crippen molar-refractivity contribution in [1.29, 1.82) is 5.26 Å². The molecule has 0 atom stereocenters. The van der Waals surface area contributed by atoms with Crippen molar-refractivity contribution >= 4 is 39.8 Å². The number of allylic oxidation sites excluding steroid dienone is 2. The zero-order chi connectivity index (χ0) is 28.1. The number of hydrogen-bond acceptors (Lipinski definition) is 8. The Bertz CT molecular complexity index is 1630. The van der Waals surface area contributed by atoms with Crippen molar-refractivity contribution in [2.45, 2.75) is 0 Å². The third-order valence-electron chi connectivity index (χ3n) is 6.80. The van der Waals surface area contributed by atoms with Crippen molar-refractivity contribution in [3.8, 4) is 23.1 Å². The molecule has 4 aromatic rings. The summed E-state index contributed by atoms with van der Waals surface area (Å²) in [6.07, 6.45) is 7.91. The quantitative estimate of drug-likeness (QED) is 0.220. The molecule has 1 aliphatic heterocycles. The Morgan fingerprint density at radius 3 is 2.75 bits per heavy atom. The van der Waals surface area contributed by atoms with Crippen LogP contribution in [0.2, 0.25) is 0 Å². The van der Waals surface area contributed by atoms with Crippen LogP contribution in [-0.2, 0) is 4.79 Å². The SMILES string of the molecule is C=C/C=C\C(=O)Nc1cc(Nc2ncc(C#N)c(-c3c[nH]c4ccccc34)n2)c(OC)cc1N1CCN(C)CC1. The highest BCUT2D eigenvalue weighted by Gasteiger charge is 2.22. The van der Waals surface area contributed by atoms with Gasteiger partial charge in [-0.15, -0.1) is 0 Å². The molecule has 1 fully saturated rings. The Kier molecular flexibility index (Phi) is 7.75. The van der Waals surface area contributed by atoms with E-state index in [1.807, 2.05) is 42.6 Å². The third kappa shape index (κ3) is 5.50. The van der Waals surface area contributed by atoms with Crippen LogP contribution in [0.5, 0.6) is 5.75 Å². The summed E-state index contributed by atoms with van der Waals surface area (Å²) in [5.74, 6) is 0.576. The summed E-state index contributed by atoms with van der Waals surface area (Å²) in [6, 6.07) is 13.8. The number of rotatable bonds is 8. The molecule has 2 aromatic carbocycles. The number of fused-ring (bicyclic) bond motifs is 1. The Labute approximate surface area is 232 Å². The summed E-state index contributed by atoms with van der Waals surface area (Å²) in [5, 5.41) is 16.9. The second kappa shape index (κ2) is 11.7. The average molecular weight is 535 g/mol. The first-order valence-corrected chi connectivity index (χ1v) is 12.9. The van der Waals surface area contributed by atoms with Gasteiger partial charge in [-0.05, 0) is 19.2 Å². The number of ether oxygens (including phenoxy) is 1. The predicted octanol–water partition coefficient (Wildman–Crippen LogP) is 4.68. The lowest BCUT2D eigenvalue weighted by atomic mass is 10.1. The standard InChI is InChI=1S/C30H30N8O2/c1-4-5-10-28(39)34-24-15-25(27(40-3)16-26(24)38-13-11-37(2)12-14-38)35-30-33-18-20(17-31)29(36-30)22-19-32-23-9-7-6-8-21(22)23/h4-10,15-16,18-19,32H,1,11-14H2,2-3H3,(H,34,39)(H,33,35,36)/b10-5-. The van der Waals surface area contributed by atoms with Crippen molar-refractivity contribution in [2.75, 3.05) is 55.9 Å². The fraction of sp³-hybridized carbons (Fsp3) is 0.200. The maximum absolute atomic E-state index is 12.7. The van der Waals surface area contributed by atoms with Crippen molar-refractivity contribution < 1.29 is 9.53 Å². The summed E-state index contributed by atoms with van der Waals surface area (Å²) >= 11 is 0. The Hall–Kier alpha value is -5.14. The van der Waals surface area contributed by atoms with Gasteiger partial charge in [-0.2, -0.15) is 5.26 Å². The number of nitrogens with zero attached hydrogens (tertiary/aromatic N) is 5. The number of hydrogen-bond donors (Lipinski definition) is 3. The summed E-state index contributed by atoms with van der Waals surface area (Å²) in [5.41, 5.74) is 4.66. The third-order valence-corrected chi connectivity index (χ3v) is 6.80. The number of likely N-dealkylation sites (N-methyl/N-ethyl adjacent to an activating group) is 1. The summed E-state index contributed by atoms with van der Waals surface area (Å²) in [6.45, 7) is 7.06.